The Morgan fingerprint density at radius 1 is 1.19 bits per heavy atom. The molecule has 0 aliphatic rings. The highest BCUT2D eigenvalue weighted by molar-refractivity contribution is 5.93. The molecule has 0 aromatic heterocycles. The number of amides is 3. The van der Waals surface area contributed by atoms with Crippen molar-refractivity contribution in [1.82, 2.24) is 0 Å². The molecule has 6 nitrogen and oxygen atoms in total. The number of anilines is 2. The zero-order valence-electron chi connectivity index (χ0n) is 12.8. The number of carbonyl (C=O) groups is 2. The third kappa shape index (κ3) is 7.31. The first kappa shape index (κ1) is 17.0. The smallest absolute Gasteiger partial charge is 0.316 e. The summed E-state index contributed by atoms with van der Waals surface area (Å²) in [6.07, 6.45) is 1.02. The van der Waals surface area contributed by atoms with Crippen LogP contribution in [0, 0.1) is 5.41 Å². The van der Waals surface area contributed by atoms with Crippen LogP contribution < -0.4 is 22.1 Å². The van der Waals surface area contributed by atoms with E-state index in [4.69, 9.17) is 11.5 Å². The fourth-order valence-corrected chi connectivity index (χ4v) is 2.13. The molecule has 0 bridgehead atoms. The monoisotopic (exact) mass is 292 g/mol. The highest BCUT2D eigenvalue weighted by Gasteiger charge is 2.18. The van der Waals surface area contributed by atoms with Crippen LogP contribution in [0.2, 0.25) is 0 Å². The van der Waals surface area contributed by atoms with Gasteiger partial charge in [-0.1, -0.05) is 26.8 Å². The molecule has 0 heterocycles. The van der Waals surface area contributed by atoms with Gasteiger partial charge in [-0.25, -0.2) is 4.79 Å². The average molecular weight is 292 g/mol. The Bertz CT molecular complexity index is 509. The molecule has 1 aromatic carbocycles. The average Bonchev–Trinajstić information content (AvgIpc) is 2.24. The maximum absolute atomic E-state index is 11.9. The van der Waals surface area contributed by atoms with Gasteiger partial charge in [0.25, 0.3) is 0 Å². The predicted octanol–water partition coefficient (Wildman–Crippen LogP) is 2.27. The van der Waals surface area contributed by atoms with Gasteiger partial charge in [-0.2, -0.15) is 0 Å². The highest BCUT2D eigenvalue weighted by atomic mass is 16.2. The molecule has 6 heteroatoms. The molecule has 21 heavy (non-hydrogen) atoms. The largest absolute Gasteiger partial charge is 0.351 e. The van der Waals surface area contributed by atoms with Crippen LogP contribution in [-0.2, 0) is 4.79 Å². The molecule has 0 radical (unpaired) electrons. The van der Waals surface area contributed by atoms with Crippen LogP contribution in [0.1, 0.15) is 33.6 Å². The lowest BCUT2D eigenvalue weighted by Gasteiger charge is -2.22. The van der Waals surface area contributed by atoms with E-state index in [-0.39, 0.29) is 23.8 Å². The van der Waals surface area contributed by atoms with Crippen LogP contribution >= 0.6 is 0 Å². The van der Waals surface area contributed by atoms with Crippen molar-refractivity contribution in [3.63, 3.8) is 0 Å². The Hall–Kier alpha value is -2.08. The minimum Gasteiger partial charge on any atom is -0.351 e. The molecule has 0 saturated heterocycles. The summed E-state index contributed by atoms with van der Waals surface area (Å²) in [5.74, 6) is -0.150. The Labute approximate surface area is 125 Å². The summed E-state index contributed by atoms with van der Waals surface area (Å²) in [4.78, 5) is 22.7. The number of nitrogens with one attached hydrogen (secondary N) is 2. The zero-order valence-corrected chi connectivity index (χ0v) is 12.8. The van der Waals surface area contributed by atoms with E-state index >= 15 is 0 Å². The molecule has 3 amide bonds. The summed E-state index contributed by atoms with van der Waals surface area (Å²) in [5, 5.41) is 5.21. The Morgan fingerprint density at radius 3 is 2.29 bits per heavy atom. The second-order valence-electron chi connectivity index (χ2n) is 6.35. The van der Waals surface area contributed by atoms with Gasteiger partial charge in [0, 0.05) is 23.8 Å². The molecule has 1 unspecified atom stereocenters. The fourth-order valence-electron chi connectivity index (χ4n) is 2.13. The third-order valence-corrected chi connectivity index (χ3v) is 2.74. The van der Waals surface area contributed by atoms with Crippen LogP contribution in [-0.4, -0.2) is 18.0 Å². The van der Waals surface area contributed by atoms with Crippen LogP contribution in [0.25, 0.3) is 0 Å². The third-order valence-electron chi connectivity index (χ3n) is 2.74. The molecule has 1 rings (SSSR count). The minimum absolute atomic E-state index is 0.0883. The Morgan fingerprint density at radius 2 is 1.76 bits per heavy atom. The maximum atomic E-state index is 11.9. The normalized spacial score (nSPS) is 12.6. The first-order valence-electron chi connectivity index (χ1n) is 6.88. The molecule has 116 valence electrons. The molecular weight excluding hydrogens is 268 g/mol. The van der Waals surface area contributed by atoms with E-state index in [0.29, 0.717) is 11.4 Å². The lowest BCUT2D eigenvalue weighted by Crippen LogP contribution is -2.31. The van der Waals surface area contributed by atoms with Gasteiger partial charge < -0.3 is 22.1 Å². The van der Waals surface area contributed by atoms with Gasteiger partial charge in [-0.3, -0.25) is 4.79 Å². The van der Waals surface area contributed by atoms with E-state index in [9.17, 15) is 9.59 Å². The van der Waals surface area contributed by atoms with E-state index < -0.39 is 6.03 Å². The van der Waals surface area contributed by atoms with E-state index in [1.165, 1.54) is 0 Å². The van der Waals surface area contributed by atoms with Gasteiger partial charge in [0.2, 0.25) is 5.91 Å². The molecule has 1 aromatic rings. The molecule has 6 N–H and O–H groups in total. The maximum Gasteiger partial charge on any atom is 0.316 e. The Kier molecular flexibility index (Phi) is 5.72. The number of benzene rings is 1. The quantitative estimate of drug-likeness (QED) is 0.668. The number of hydrogen-bond donors (Lipinski definition) is 4. The summed E-state index contributed by atoms with van der Waals surface area (Å²) >= 11 is 0. The van der Waals surface area contributed by atoms with Gasteiger partial charge >= 0.3 is 6.03 Å². The highest BCUT2D eigenvalue weighted by Crippen LogP contribution is 2.21. The van der Waals surface area contributed by atoms with Crippen molar-refractivity contribution >= 4 is 23.3 Å². The van der Waals surface area contributed by atoms with E-state index in [2.05, 4.69) is 31.4 Å². The molecule has 0 aliphatic carbocycles. The van der Waals surface area contributed by atoms with Crippen molar-refractivity contribution in [1.29, 1.82) is 0 Å². The summed E-state index contributed by atoms with van der Waals surface area (Å²) in [6, 6.07) is 5.95. The lowest BCUT2D eigenvalue weighted by atomic mass is 9.87. The van der Waals surface area contributed by atoms with E-state index in [0.717, 1.165) is 6.42 Å². The Balaban J connectivity index is 2.56. The second kappa shape index (κ2) is 7.08. The van der Waals surface area contributed by atoms with Crippen LogP contribution in [0.3, 0.4) is 0 Å². The van der Waals surface area contributed by atoms with Crippen molar-refractivity contribution in [2.45, 2.75) is 39.7 Å². The fraction of sp³-hybridized carbons (Fsp3) is 0.467. The lowest BCUT2D eigenvalue weighted by molar-refractivity contribution is -0.116. The number of urea groups is 1. The van der Waals surface area contributed by atoms with Crippen molar-refractivity contribution < 1.29 is 9.59 Å². The molecule has 0 aliphatic heterocycles. The van der Waals surface area contributed by atoms with Crippen LogP contribution in [0.5, 0.6) is 0 Å². The molecule has 0 spiro atoms. The summed E-state index contributed by atoms with van der Waals surface area (Å²) in [6.45, 7) is 6.26. The molecular formula is C15H24N4O2. The summed E-state index contributed by atoms with van der Waals surface area (Å²) in [5.41, 5.74) is 12.2. The summed E-state index contributed by atoms with van der Waals surface area (Å²) in [7, 11) is 0. The SMILES string of the molecule is CC(C)(C)CC(N)CC(=O)Nc1cccc(NC(N)=O)c1. The summed E-state index contributed by atoms with van der Waals surface area (Å²) < 4.78 is 0. The van der Waals surface area contributed by atoms with Crippen molar-refractivity contribution in [3.8, 4) is 0 Å². The van der Waals surface area contributed by atoms with Crippen molar-refractivity contribution in [2.75, 3.05) is 10.6 Å². The first-order chi connectivity index (χ1) is 9.65. The van der Waals surface area contributed by atoms with Gasteiger partial charge in [-0.15, -0.1) is 0 Å². The van der Waals surface area contributed by atoms with Crippen molar-refractivity contribution in [3.05, 3.63) is 24.3 Å². The standard InChI is InChI=1S/C15H24N4O2/c1-15(2,3)9-10(16)7-13(20)18-11-5-4-6-12(8-11)19-14(17)21/h4-6,8,10H,7,9,16H2,1-3H3,(H,18,20)(H3,17,19,21). The zero-order chi connectivity index (χ0) is 16.0. The number of primary amides is 1. The molecule has 0 fully saturated rings. The van der Waals surface area contributed by atoms with E-state index in [1.807, 2.05) is 0 Å². The van der Waals surface area contributed by atoms with Gasteiger partial charge in [0.15, 0.2) is 0 Å². The number of nitrogens with two attached hydrogens (primary N) is 2. The minimum atomic E-state index is -0.648. The first-order valence-corrected chi connectivity index (χ1v) is 6.88. The number of rotatable bonds is 5. The topological polar surface area (TPSA) is 110 Å². The van der Waals surface area contributed by atoms with Crippen molar-refractivity contribution in [2.24, 2.45) is 16.9 Å². The van der Waals surface area contributed by atoms with Gasteiger partial charge in [0.05, 0.1) is 0 Å². The van der Waals surface area contributed by atoms with Crippen LogP contribution in [0.15, 0.2) is 24.3 Å². The number of hydrogen-bond acceptors (Lipinski definition) is 3. The molecule has 0 saturated carbocycles. The van der Waals surface area contributed by atoms with Crippen LogP contribution in [0.4, 0.5) is 16.2 Å². The predicted molar refractivity (Wildman–Crippen MR) is 84.9 cm³/mol. The number of carbonyl (C=O) groups excluding carboxylic acids is 2. The van der Waals surface area contributed by atoms with Gasteiger partial charge in [0.1, 0.15) is 0 Å². The van der Waals surface area contributed by atoms with E-state index in [1.54, 1.807) is 24.3 Å². The second-order valence-corrected chi connectivity index (χ2v) is 6.35. The molecule has 1 atom stereocenters. The van der Waals surface area contributed by atoms with Gasteiger partial charge in [-0.05, 0) is 30.0 Å².